The summed E-state index contributed by atoms with van der Waals surface area (Å²) >= 11 is 0. The fourth-order valence-electron chi connectivity index (χ4n) is 3.55. The molecule has 1 aliphatic carbocycles. The van der Waals surface area contributed by atoms with Gasteiger partial charge in [-0.3, -0.25) is 0 Å². The third kappa shape index (κ3) is 2.99. The smallest absolute Gasteiger partial charge is 0.133 e. The monoisotopic (exact) mass is 332 g/mol. The lowest BCUT2D eigenvalue weighted by Gasteiger charge is -2.14. The Hall–Kier alpha value is -2.78. The van der Waals surface area contributed by atoms with Crippen LogP contribution in [0, 0.1) is 0 Å². The quantitative estimate of drug-likeness (QED) is 0.726. The fraction of sp³-hybridized carbons (Fsp3) is 0.182. The van der Waals surface area contributed by atoms with Gasteiger partial charge >= 0.3 is 0 Å². The second kappa shape index (κ2) is 6.61. The number of hydrogen-bond acceptors (Lipinski definition) is 3. The summed E-state index contributed by atoms with van der Waals surface area (Å²) in [6, 6.07) is 23.8. The van der Waals surface area contributed by atoms with Crippen molar-refractivity contribution < 1.29 is 14.6 Å². The molecule has 0 saturated heterocycles. The number of fused-ring (bicyclic) bond motifs is 1. The Morgan fingerprint density at radius 2 is 1.56 bits per heavy atom. The Balaban J connectivity index is 1.68. The zero-order valence-electron chi connectivity index (χ0n) is 14.1. The van der Waals surface area contributed by atoms with E-state index in [0.29, 0.717) is 12.2 Å². The summed E-state index contributed by atoms with van der Waals surface area (Å²) in [5.74, 6) is 2.43. The summed E-state index contributed by atoms with van der Waals surface area (Å²) < 4.78 is 11.2. The van der Waals surface area contributed by atoms with E-state index in [2.05, 4.69) is 18.2 Å². The Morgan fingerprint density at radius 3 is 2.28 bits per heavy atom. The van der Waals surface area contributed by atoms with E-state index >= 15 is 0 Å². The van der Waals surface area contributed by atoms with Crippen molar-refractivity contribution in [2.45, 2.75) is 18.4 Å². The molecule has 3 heteroatoms. The third-order valence-corrected chi connectivity index (χ3v) is 4.76. The summed E-state index contributed by atoms with van der Waals surface area (Å²) in [5.41, 5.74) is 3.26. The van der Waals surface area contributed by atoms with Gasteiger partial charge in [0.1, 0.15) is 17.2 Å². The van der Waals surface area contributed by atoms with E-state index in [9.17, 15) is 5.11 Å². The van der Waals surface area contributed by atoms with E-state index in [-0.39, 0.29) is 5.92 Å². The molecule has 0 spiro atoms. The topological polar surface area (TPSA) is 38.7 Å². The predicted molar refractivity (Wildman–Crippen MR) is 97.4 cm³/mol. The van der Waals surface area contributed by atoms with Crippen LogP contribution in [0.25, 0.3) is 0 Å². The number of ether oxygens (including phenoxy) is 2. The minimum Gasteiger partial charge on any atom is -0.497 e. The van der Waals surface area contributed by atoms with Crippen LogP contribution < -0.4 is 9.47 Å². The van der Waals surface area contributed by atoms with Gasteiger partial charge in [-0.1, -0.05) is 42.5 Å². The van der Waals surface area contributed by atoms with Gasteiger partial charge in [-0.2, -0.15) is 0 Å². The molecular weight excluding hydrogens is 312 g/mol. The summed E-state index contributed by atoms with van der Waals surface area (Å²) in [5, 5.41) is 10.7. The van der Waals surface area contributed by atoms with Gasteiger partial charge in [-0.15, -0.1) is 0 Å². The third-order valence-electron chi connectivity index (χ3n) is 4.76. The lowest BCUT2D eigenvalue weighted by Crippen LogP contribution is -1.96. The molecule has 25 heavy (non-hydrogen) atoms. The Morgan fingerprint density at radius 1 is 0.840 bits per heavy atom. The molecule has 0 bridgehead atoms. The van der Waals surface area contributed by atoms with Crippen LogP contribution >= 0.6 is 0 Å². The lowest BCUT2D eigenvalue weighted by molar-refractivity contribution is 0.173. The lowest BCUT2D eigenvalue weighted by atomic mass is 9.93. The first-order valence-electron chi connectivity index (χ1n) is 8.44. The molecule has 3 aromatic rings. The van der Waals surface area contributed by atoms with Gasteiger partial charge in [-0.05, 0) is 47.9 Å². The number of aliphatic hydroxyl groups is 1. The Kier molecular flexibility index (Phi) is 4.16. The largest absolute Gasteiger partial charge is 0.497 e. The average molecular weight is 332 g/mol. The Bertz CT molecular complexity index is 856. The maximum absolute atomic E-state index is 10.7. The van der Waals surface area contributed by atoms with Gasteiger partial charge < -0.3 is 14.6 Å². The zero-order chi connectivity index (χ0) is 17.2. The number of aliphatic hydroxyl groups excluding tert-OH is 1. The van der Waals surface area contributed by atoms with Crippen LogP contribution in [0.2, 0.25) is 0 Å². The fourth-order valence-corrected chi connectivity index (χ4v) is 3.55. The van der Waals surface area contributed by atoms with Crippen molar-refractivity contribution in [3.05, 3.63) is 89.5 Å². The van der Waals surface area contributed by atoms with Crippen LogP contribution in [-0.4, -0.2) is 12.2 Å². The van der Waals surface area contributed by atoms with E-state index in [0.717, 1.165) is 22.6 Å². The van der Waals surface area contributed by atoms with Crippen molar-refractivity contribution >= 4 is 0 Å². The van der Waals surface area contributed by atoms with Crippen molar-refractivity contribution in [2.24, 2.45) is 0 Å². The predicted octanol–water partition coefficient (Wildman–Crippen LogP) is 5.06. The van der Waals surface area contributed by atoms with Gasteiger partial charge in [0.25, 0.3) is 0 Å². The maximum atomic E-state index is 10.7. The molecule has 126 valence electrons. The van der Waals surface area contributed by atoms with E-state index in [4.69, 9.17) is 9.47 Å². The molecule has 0 unspecified atom stereocenters. The summed E-state index contributed by atoms with van der Waals surface area (Å²) in [4.78, 5) is 0. The van der Waals surface area contributed by atoms with Crippen LogP contribution in [0.1, 0.15) is 35.1 Å². The van der Waals surface area contributed by atoms with Crippen LogP contribution in [0.5, 0.6) is 17.2 Å². The van der Waals surface area contributed by atoms with Gasteiger partial charge in [0.15, 0.2) is 0 Å². The molecule has 0 fully saturated rings. The van der Waals surface area contributed by atoms with Gasteiger partial charge in [0, 0.05) is 11.5 Å². The molecule has 0 aromatic heterocycles. The first kappa shape index (κ1) is 15.7. The number of hydrogen-bond donors (Lipinski definition) is 1. The highest BCUT2D eigenvalue weighted by atomic mass is 16.5. The molecule has 0 radical (unpaired) electrons. The first-order valence-corrected chi connectivity index (χ1v) is 8.44. The molecular formula is C22H20O3. The average Bonchev–Trinajstić information content (AvgIpc) is 3.01. The van der Waals surface area contributed by atoms with Crippen molar-refractivity contribution in [1.29, 1.82) is 0 Å². The minimum absolute atomic E-state index is 0.200. The van der Waals surface area contributed by atoms with E-state index in [1.807, 2.05) is 54.6 Å². The molecule has 4 rings (SSSR count). The number of methoxy groups -OCH3 is 1. The molecule has 2 atom stereocenters. The maximum Gasteiger partial charge on any atom is 0.133 e. The second-order valence-electron chi connectivity index (χ2n) is 6.25. The summed E-state index contributed by atoms with van der Waals surface area (Å²) in [6.07, 6.45) is 0.164. The van der Waals surface area contributed by atoms with Crippen LogP contribution in [0.15, 0.2) is 72.8 Å². The van der Waals surface area contributed by atoms with Gasteiger partial charge in [-0.25, -0.2) is 0 Å². The SMILES string of the molecule is COc1ccc(Oc2cccc3c2[C@@H](O)C[C@H]3c2ccccc2)cc1. The summed E-state index contributed by atoms with van der Waals surface area (Å²) in [7, 11) is 1.64. The standard InChI is InChI=1S/C22H20O3/c1-24-16-10-12-17(13-11-16)25-21-9-5-8-18-19(14-20(23)22(18)21)15-6-3-2-4-7-15/h2-13,19-20,23H,14H2,1H3/t19-,20-/m0/s1. The first-order chi connectivity index (χ1) is 12.3. The highest BCUT2D eigenvalue weighted by Gasteiger charge is 2.33. The van der Waals surface area contributed by atoms with Gasteiger partial charge in [0.2, 0.25) is 0 Å². The summed E-state index contributed by atoms with van der Waals surface area (Å²) in [6.45, 7) is 0. The number of rotatable bonds is 4. The number of benzene rings is 3. The van der Waals surface area contributed by atoms with Crippen LogP contribution in [-0.2, 0) is 0 Å². The molecule has 3 aromatic carbocycles. The minimum atomic E-state index is -0.519. The zero-order valence-corrected chi connectivity index (χ0v) is 14.1. The molecule has 1 aliphatic rings. The van der Waals surface area contributed by atoms with E-state index in [1.54, 1.807) is 7.11 Å². The highest BCUT2D eigenvalue weighted by Crippen LogP contribution is 2.48. The van der Waals surface area contributed by atoms with Crippen molar-refractivity contribution in [1.82, 2.24) is 0 Å². The molecule has 1 N–H and O–H groups in total. The molecule has 3 nitrogen and oxygen atoms in total. The van der Waals surface area contributed by atoms with Crippen LogP contribution in [0.4, 0.5) is 0 Å². The van der Waals surface area contributed by atoms with Gasteiger partial charge in [0.05, 0.1) is 13.2 Å². The van der Waals surface area contributed by atoms with Crippen molar-refractivity contribution in [2.75, 3.05) is 7.11 Å². The highest BCUT2D eigenvalue weighted by molar-refractivity contribution is 5.52. The molecule has 0 aliphatic heterocycles. The van der Waals surface area contributed by atoms with Crippen molar-refractivity contribution in [3.8, 4) is 17.2 Å². The normalized spacial score (nSPS) is 18.6. The molecule has 0 saturated carbocycles. The van der Waals surface area contributed by atoms with Crippen molar-refractivity contribution in [3.63, 3.8) is 0 Å². The van der Waals surface area contributed by atoms with E-state index in [1.165, 1.54) is 5.56 Å². The molecule has 0 heterocycles. The Labute approximate surface area is 147 Å². The van der Waals surface area contributed by atoms with E-state index < -0.39 is 6.10 Å². The van der Waals surface area contributed by atoms with Crippen LogP contribution in [0.3, 0.4) is 0 Å². The second-order valence-corrected chi connectivity index (χ2v) is 6.25. The molecule has 0 amide bonds.